The standard InChI is InChI=1S/C14H21FN2/c1-14(2)8-13(9-16-14)17(3)10-11-4-6-12(15)7-5-11/h4-7,13,16H,8-10H2,1-3H3. The zero-order valence-corrected chi connectivity index (χ0v) is 10.8. The molecule has 1 fully saturated rings. The van der Waals surface area contributed by atoms with Gasteiger partial charge in [0.15, 0.2) is 0 Å². The zero-order valence-electron chi connectivity index (χ0n) is 10.8. The Labute approximate surface area is 103 Å². The first-order valence-corrected chi connectivity index (χ1v) is 6.16. The van der Waals surface area contributed by atoms with Crippen LogP contribution in [0.3, 0.4) is 0 Å². The maximum absolute atomic E-state index is 12.8. The number of hydrogen-bond acceptors (Lipinski definition) is 2. The van der Waals surface area contributed by atoms with E-state index in [0.717, 1.165) is 19.5 Å². The SMILES string of the molecule is CN(Cc1ccc(F)cc1)C1CNC(C)(C)C1. The van der Waals surface area contributed by atoms with E-state index in [1.807, 2.05) is 12.1 Å². The number of rotatable bonds is 3. The van der Waals surface area contributed by atoms with E-state index in [0.29, 0.717) is 6.04 Å². The lowest BCUT2D eigenvalue weighted by Gasteiger charge is -2.25. The Bertz CT molecular complexity index is 372. The Morgan fingerprint density at radius 3 is 2.53 bits per heavy atom. The molecule has 3 heteroatoms. The molecule has 1 aliphatic heterocycles. The fourth-order valence-electron chi connectivity index (χ4n) is 2.45. The lowest BCUT2D eigenvalue weighted by atomic mass is 10.0. The highest BCUT2D eigenvalue weighted by atomic mass is 19.1. The second-order valence-electron chi connectivity index (χ2n) is 5.66. The number of likely N-dealkylation sites (N-methyl/N-ethyl adjacent to an activating group) is 1. The Balaban J connectivity index is 1.93. The van der Waals surface area contributed by atoms with Crippen molar-refractivity contribution in [3.8, 4) is 0 Å². The van der Waals surface area contributed by atoms with Crippen LogP contribution < -0.4 is 5.32 Å². The summed E-state index contributed by atoms with van der Waals surface area (Å²) in [5.74, 6) is -0.167. The van der Waals surface area contributed by atoms with Gasteiger partial charge in [0.2, 0.25) is 0 Å². The van der Waals surface area contributed by atoms with Gasteiger partial charge in [-0.15, -0.1) is 0 Å². The molecule has 0 aromatic heterocycles. The van der Waals surface area contributed by atoms with Crippen molar-refractivity contribution in [2.75, 3.05) is 13.6 Å². The van der Waals surface area contributed by atoms with Crippen LogP contribution in [-0.4, -0.2) is 30.1 Å². The summed E-state index contributed by atoms with van der Waals surface area (Å²) in [6.07, 6.45) is 1.16. The summed E-state index contributed by atoms with van der Waals surface area (Å²) in [6, 6.07) is 7.34. The van der Waals surface area contributed by atoms with Crippen molar-refractivity contribution in [3.05, 3.63) is 35.6 Å². The molecule has 1 aromatic carbocycles. The number of benzene rings is 1. The molecule has 1 atom stereocenters. The van der Waals surface area contributed by atoms with E-state index in [9.17, 15) is 4.39 Å². The van der Waals surface area contributed by atoms with Crippen molar-refractivity contribution in [2.45, 2.75) is 38.4 Å². The van der Waals surface area contributed by atoms with E-state index < -0.39 is 0 Å². The molecule has 1 aliphatic rings. The largest absolute Gasteiger partial charge is 0.310 e. The van der Waals surface area contributed by atoms with Crippen LogP contribution in [0.25, 0.3) is 0 Å². The van der Waals surface area contributed by atoms with Gasteiger partial charge >= 0.3 is 0 Å². The molecule has 0 radical (unpaired) electrons. The van der Waals surface area contributed by atoms with E-state index in [1.54, 1.807) is 0 Å². The third-order valence-corrected chi connectivity index (χ3v) is 3.53. The molecule has 2 rings (SSSR count). The highest BCUT2D eigenvalue weighted by Crippen LogP contribution is 2.22. The van der Waals surface area contributed by atoms with Crippen molar-refractivity contribution < 1.29 is 4.39 Å². The maximum Gasteiger partial charge on any atom is 0.123 e. The summed E-state index contributed by atoms with van der Waals surface area (Å²) in [5.41, 5.74) is 1.40. The van der Waals surface area contributed by atoms with Gasteiger partial charge in [-0.1, -0.05) is 12.1 Å². The van der Waals surface area contributed by atoms with E-state index in [2.05, 4.69) is 31.1 Å². The molecule has 0 saturated carbocycles. The summed E-state index contributed by atoms with van der Waals surface area (Å²) in [5, 5.41) is 3.52. The first kappa shape index (κ1) is 12.5. The Hall–Kier alpha value is -0.930. The average Bonchev–Trinajstić information content (AvgIpc) is 2.62. The molecule has 94 valence electrons. The first-order chi connectivity index (χ1) is 7.96. The van der Waals surface area contributed by atoms with Gasteiger partial charge in [-0.2, -0.15) is 0 Å². The van der Waals surface area contributed by atoms with Gasteiger partial charge in [0.05, 0.1) is 0 Å². The highest BCUT2D eigenvalue weighted by molar-refractivity contribution is 5.16. The lowest BCUT2D eigenvalue weighted by Crippen LogP contribution is -2.32. The van der Waals surface area contributed by atoms with Crippen molar-refractivity contribution in [1.29, 1.82) is 0 Å². The summed E-state index contributed by atoms with van der Waals surface area (Å²) in [7, 11) is 2.14. The molecule has 17 heavy (non-hydrogen) atoms. The zero-order chi connectivity index (χ0) is 12.5. The number of hydrogen-bond donors (Lipinski definition) is 1. The Morgan fingerprint density at radius 1 is 1.35 bits per heavy atom. The summed E-state index contributed by atoms with van der Waals surface area (Å²) in [4.78, 5) is 2.34. The minimum absolute atomic E-state index is 0.167. The predicted octanol–water partition coefficient (Wildman–Crippen LogP) is 2.40. The minimum Gasteiger partial charge on any atom is -0.310 e. The summed E-state index contributed by atoms with van der Waals surface area (Å²) in [6.45, 7) is 6.38. The van der Waals surface area contributed by atoms with Crippen molar-refractivity contribution in [3.63, 3.8) is 0 Å². The Kier molecular flexibility index (Phi) is 3.50. The van der Waals surface area contributed by atoms with Crippen LogP contribution in [0.15, 0.2) is 24.3 Å². The number of halogens is 1. The van der Waals surface area contributed by atoms with Crippen LogP contribution in [-0.2, 0) is 6.54 Å². The molecule has 1 saturated heterocycles. The summed E-state index contributed by atoms with van der Waals surface area (Å²) < 4.78 is 12.8. The molecule has 0 amide bonds. The van der Waals surface area contributed by atoms with Gasteiger partial charge < -0.3 is 5.32 Å². The molecule has 2 nitrogen and oxygen atoms in total. The lowest BCUT2D eigenvalue weighted by molar-refractivity contribution is 0.240. The van der Waals surface area contributed by atoms with Crippen LogP contribution in [0.1, 0.15) is 25.8 Å². The second kappa shape index (κ2) is 4.75. The molecular weight excluding hydrogens is 215 g/mol. The third-order valence-electron chi connectivity index (χ3n) is 3.53. The number of nitrogens with zero attached hydrogens (tertiary/aromatic N) is 1. The van der Waals surface area contributed by atoms with Crippen molar-refractivity contribution >= 4 is 0 Å². The van der Waals surface area contributed by atoms with Crippen LogP contribution in [0.5, 0.6) is 0 Å². The average molecular weight is 236 g/mol. The second-order valence-corrected chi connectivity index (χ2v) is 5.66. The summed E-state index contributed by atoms with van der Waals surface area (Å²) >= 11 is 0. The normalized spacial score (nSPS) is 23.2. The molecule has 1 aromatic rings. The minimum atomic E-state index is -0.167. The molecule has 0 bridgehead atoms. The van der Waals surface area contributed by atoms with Gasteiger partial charge in [-0.25, -0.2) is 4.39 Å². The van der Waals surface area contributed by atoms with E-state index in [1.165, 1.54) is 17.7 Å². The monoisotopic (exact) mass is 236 g/mol. The molecule has 0 aliphatic carbocycles. The van der Waals surface area contributed by atoms with E-state index in [-0.39, 0.29) is 11.4 Å². The molecule has 0 spiro atoms. The highest BCUT2D eigenvalue weighted by Gasteiger charge is 2.32. The predicted molar refractivity (Wildman–Crippen MR) is 68.4 cm³/mol. The van der Waals surface area contributed by atoms with Crippen molar-refractivity contribution in [1.82, 2.24) is 10.2 Å². The smallest absolute Gasteiger partial charge is 0.123 e. The van der Waals surface area contributed by atoms with Gasteiger partial charge in [-0.3, -0.25) is 4.90 Å². The molecule has 1 heterocycles. The van der Waals surface area contributed by atoms with Crippen LogP contribution in [0.4, 0.5) is 4.39 Å². The van der Waals surface area contributed by atoms with E-state index in [4.69, 9.17) is 0 Å². The quantitative estimate of drug-likeness (QED) is 0.867. The third kappa shape index (κ3) is 3.27. The van der Waals surface area contributed by atoms with Gasteiger partial charge in [-0.05, 0) is 45.0 Å². The number of nitrogens with one attached hydrogen (secondary N) is 1. The maximum atomic E-state index is 12.8. The fourth-order valence-corrected chi connectivity index (χ4v) is 2.45. The molecule has 1 N–H and O–H groups in total. The van der Waals surface area contributed by atoms with Gasteiger partial charge in [0.25, 0.3) is 0 Å². The molecule has 1 unspecified atom stereocenters. The fraction of sp³-hybridized carbons (Fsp3) is 0.571. The van der Waals surface area contributed by atoms with Crippen LogP contribution >= 0.6 is 0 Å². The van der Waals surface area contributed by atoms with Gasteiger partial charge in [0.1, 0.15) is 5.82 Å². The van der Waals surface area contributed by atoms with Gasteiger partial charge in [0, 0.05) is 24.7 Å². The van der Waals surface area contributed by atoms with Crippen molar-refractivity contribution in [2.24, 2.45) is 0 Å². The van der Waals surface area contributed by atoms with Crippen LogP contribution in [0, 0.1) is 5.82 Å². The topological polar surface area (TPSA) is 15.3 Å². The Morgan fingerprint density at radius 2 is 2.00 bits per heavy atom. The van der Waals surface area contributed by atoms with Crippen LogP contribution in [0.2, 0.25) is 0 Å². The first-order valence-electron chi connectivity index (χ1n) is 6.16. The van der Waals surface area contributed by atoms with E-state index >= 15 is 0 Å². The molecular formula is C14H21FN2.